The molecule has 1 unspecified atom stereocenters. The van der Waals surface area contributed by atoms with Gasteiger partial charge in [-0.15, -0.1) is 0 Å². The second-order valence-electron chi connectivity index (χ2n) is 4.73. The Morgan fingerprint density at radius 3 is 2.62 bits per heavy atom. The van der Waals surface area contributed by atoms with Gasteiger partial charge < -0.3 is 15.0 Å². The van der Waals surface area contributed by atoms with E-state index in [0.717, 1.165) is 32.6 Å². The van der Waals surface area contributed by atoms with Crippen molar-refractivity contribution in [3.8, 4) is 0 Å². The van der Waals surface area contributed by atoms with Crippen molar-refractivity contribution in [2.24, 2.45) is 5.92 Å². The molecule has 16 heavy (non-hydrogen) atoms. The molecule has 1 fully saturated rings. The van der Waals surface area contributed by atoms with Crippen LogP contribution in [0.1, 0.15) is 26.2 Å². The first-order valence-corrected chi connectivity index (χ1v) is 6.12. The quantitative estimate of drug-likeness (QED) is 0.759. The Labute approximate surface area is 98.3 Å². The molecule has 1 aliphatic rings. The lowest BCUT2D eigenvalue weighted by Gasteiger charge is -2.28. The van der Waals surface area contributed by atoms with Gasteiger partial charge in [-0.1, -0.05) is 0 Å². The minimum Gasteiger partial charge on any atom is -0.381 e. The molecular formula is C12H24N2O2. The lowest BCUT2D eigenvalue weighted by atomic mass is 9.93. The average molecular weight is 228 g/mol. The van der Waals surface area contributed by atoms with Gasteiger partial charge >= 0.3 is 0 Å². The summed E-state index contributed by atoms with van der Waals surface area (Å²) in [4.78, 5) is 13.0. The van der Waals surface area contributed by atoms with Crippen LogP contribution in [-0.4, -0.2) is 50.7 Å². The Bertz CT molecular complexity index is 213. The highest BCUT2D eigenvalue weighted by molar-refractivity contribution is 5.75. The Morgan fingerprint density at radius 1 is 1.44 bits per heavy atom. The summed E-state index contributed by atoms with van der Waals surface area (Å²) in [6.07, 6.45) is 2.85. The van der Waals surface area contributed by atoms with E-state index in [-0.39, 0.29) is 5.91 Å². The van der Waals surface area contributed by atoms with Gasteiger partial charge in [-0.25, -0.2) is 0 Å². The molecule has 0 aromatic carbocycles. The minimum absolute atomic E-state index is 0.187. The van der Waals surface area contributed by atoms with Gasteiger partial charge in [0.05, 0.1) is 0 Å². The van der Waals surface area contributed by atoms with E-state index in [0.29, 0.717) is 18.4 Å². The highest BCUT2D eigenvalue weighted by atomic mass is 16.5. The summed E-state index contributed by atoms with van der Waals surface area (Å²) >= 11 is 0. The van der Waals surface area contributed by atoms with Gasteiger partial charge in [-0.05, 0) is 25.7 Å². The van der Waals surface area contributed by atoms with E-state index >= 15 is 0 Å². The molecule has 1 saturated heterocycles. The molecule has 0 saturated carbocycles. The predicted molar refractivity (Wildman–Crippen MR) is 64.3 cm³/mol. The van der Waals surface area contributed by atoms with Gasteiger partial charge in [0, 0.05) is 46.3 Å². The molecule has 1 amide bonds. The van der Waals surface area contributed by atoms with Crippen molar-refractivity contribution in [2.45, 2.75) is 32.2 Å². The van der Waals surface area contributed by atoms with Crippen molar-refractivity contribution in [1.82, 2.24) is 10.2 Å². The molecule has 1 atom stereocenters. The van der Waals surface area contributed by atoms with Crippen LogP contribution in [0.25, 0.3) is 0 Å². The van der Waals surface area contributed by atoms with Crippen LogP contribution in [0, 0.1) is 5.92 Å². The van der Waals surface area contributed by atoms with Crippen LogP contribution in [0.15, 0.2) is 0 Å². The third-order valence-corrected chi connectivity index (χ3v) is 3.28. The smallest absolute Gasteiger partial charge is 0.223 e. The largest absolute Gasteiger partial charge is 0.381 e. The molecule has 0 aromatic rings. The zero-order chi connectivity index (χ0) is 12.0. The van der Waals surface area contributed by atoms with E-state index < -0.39 is 0 Å². The van der Waals surface area contributed by atoms with Crippen LogP contribution >= 0.6 is 0 Å². The summed E-state index contributed by atoms with van der Waals surface area (Å²) < 4.78 is 5.34. The molecule has 1 aliphatic heterocycles. The lowest BCUT2D eigenvalue weighted by Crippen LogP contribution is -2.38. The molecule has 0 aromatic heterocycles. The highest BCUT2D eigenvalue weighted by Crippen LogP contribution is 2.18. The van der Waals surface area contributed by atoms with Crippen molar-refractivity contribution >= 4 is 5.91 Å². The maximum Gasteiger partial charge on any atom is 0.223 e. The van der Waals surface area contributed by atoms with E-state index in [2.05, 4.69) is 12.2 Å². The molecule has 0 aliphatic carbocycles. The van der Waals surface area contributed by atoms with E-state index in [1.807, 2.05) is 0 Å². The number of amides is 1. The van der Waals surface area contributed by atoms with Crippen molar-refractivity contribution < 1.29 is 9.53 Å². The predicted octanol–water partition coefficient (Wildman–Crippen LogP) is 0.869. The summed E-state index contributed by atoms with van der Waals surface area (Å²) in [6.45, 7) is 4.74. The van der Waals surface area contributed by atoms with Gasteiger partial charge in [-0.3, -0.25) is 4.79 Å². The first-order chi connectivity index (χ1) is 7.61. The molecule has 1 heterocycles. The van der Waals surface area contributed by atoms with Crippen LogP contribution in [0.2, 0.25) is 0 Å². The third-order valence-electron chi connectivity index (χ3n) is 3.28. The molecule has 0 bridgehead atoms. The normalized spacial score (nSPS) is 19.4. The lowest BCUT2D eigenvalue weighted by molar-refractivity contribution is -0.128. The third kappa shape index (κ3) is 4.49. The summed E-state index contributed by atoms with van der Waals surface area (Å²) in [6, 6.07) is 0.485. The molecule has 1 N–H and O–H groups in total. The molecular weight excluding hydrogens is 204 g/mol. The van der Waals surface area contributed by atoms with Crippen molar-refractivity contribution in [3.05, 3.63) is 0 Å². The van der Waals surface area contributed by atoms with Gasteiger partial charge in [0.15, 0.2) is 0 Å². The maximum atomic E-state index is 11.4. The topological polar surface area (TPSA) is 41.6 Å². The maximum absolute atomic E-state index is 11.4. The Balaban J connectivity index is 2.14. The standard InChI is InChI=1S/C12H24N2O2/c1-10(11-5-8-16-9-6-11)13-7-4-12(15)14(2)3/h10-11,13H,4-9H2,1-3H3. The first-order valence-electron chi connectivity index (χ1n) is 6.12. The van der Waals surface area contributed by atoms with Crippen LogP contribution in [0.3, 0.4) is 0 Å². The van der Waals surface area contributed by atoms with Crippen molar-refractivity contribution in [2.75, 3.05) is 33.9 Å². The van der Waals surface area contributed by atoms with E-state index in [1.165, 1.54) is 0 Å². The van der Waals surface area contributed by atoms with Gasteiger partial charge in [0.1, 0.15) is 0 Å². The van der Waals surface area contributed by atoms with Crippen LogP contribution in [-0.2, 0) is 9.53 Å². The minimum atomic E-state index is 0.187. The fraction of sp³-hybridized carbons (Fsp3) is 0.917. The van der Waals surface area contributed by atoms with Crippen LogP contribution in [0.5, 0.6) is 0 Å². The molecule has 1 rings (SSSR count). The molecule has 4 nitrogen and oxygen atoms in total. The van der Waals surface area contributed by atoms with E-state index in [4.69, 9.17) is 4.74 Å². The van der Waals surface area contributed by atoms with Crippen LogP contribution < -0.4 is 5.32 Å². The van der Waals surface area contributed by atoms with Gasteiger partial charge in [0.25, 0.3) is 0 Å². The van der Waals surface area contributed by atoms with Crippen molar-refractivity contribution in [3.63, 3.8) is 0 Å². The second-order valence-corrected chi connectivity index (χ2v) is 4.73. The number of hydrogen-bond donors (Lipinski definition) is 1. The summed E-state index contributed by atoms with van der Waals surface area (Å²) in [5.74, 6) is 0.884. The van der Waals surface area contributed by atoms with Gasteiger partial charge in [0.2, 0.25) is 5.91 Å². The zero-order valence-corrected chi connectivity index (χ0v) is 10.7. The number of rotatable bonds is 5. The summed E-state index contributed by atoms with van der Waals surface area (Å²) in [7, 11) is 3.59. The number of nitrogens with one attached hydrogen (secondary N) is 1. The first kappa shape index (κ1) is 13.5. The fourth-order valence-electron chi connectivity index (χ4n) is 2.01. The average Bonchev–Trinajstić information content (AvgIpc) is 2.29. The highest BCUT2D eigenvalue weighted by Gasteiger charge is 2.19. The fourth-order valence-corrected chi connectivity index (χ4v) is 2.01. The molecule has 0 radical (unpaired) electrons. The Kier molecular flexibility index (Phi) is 5.77. The molecule has 0 spiro atoms. The summed E-state index contributed by atoms with van der Waals surface area (Å²) in [5.41, 5.74) is 0. The SMILES string of the molecule is CC(NCCC(=O)N(C)C)C1CCOCC1. The number of ether oxygens (including phenoxy) is 1. The monoisotopic (exact) mass is 228 g/mol. The number of carbonyl (C=O) groups excluding carboxylic acids is 1. The number of carbonyl (C=O) groups is 1. The Hall–Kier alpha value is -0.610. The Morgan fingerprint density at radius 2 is 2.06 bits per heavy atom. The number of hydrogen-bond acceptors (Lipinski definition) is 3. The summed E-state index contributed by atoms with van der Waals surface area (Å²) in [5, 5.41) is 3.44. The molecule has 4 heteroatoms. The second kappa shape index (κ2) is 6.86. The zero-order valence-electron chi connectivity index (χ0n) is 10.7. The number of nitrogens with zero attached hydrogens (tertiary/aromatic N) is 1. The molecule has 94 valence electrons. The van der Waals surface area contributed by atoms with E-state index in [1.54, 1.807) is 19.0 Å². The van der Waals surface area contributed by atoms with Crippen molar-refractivity contribution in [1.29, 1.82) is 0 Å². The van der Waals surface area contributed by atoms with Crippen LogP contribution in [0.4, 0.5) is 0 Å². The van der Waals surface area contributed by atoms with Gasteiger partial charge in [-0.2, -0.15) is 0 Å². The van der Waals surface area contributed by atoms with E-state index in [9.17, 15) is 4.79 Å².